The first kappa shape index (κ1) is 20.9. The number of nitrogens with zero attached hydrogens (tertiary/aromatic N) is 1. The number of hydrogen-bond acceptors (Lipinski definition) is 5. The van der Waals surface area contributed by atoms with Gasteiger partial charge in [-0.2, -0.15) is 0 Å². The summed E-state index contributed by atoms with van der Waals surface area (Å²) in [5.41, 5.74) is 7.24. The van der Waals surface area contributed by atoms with Gasteiger partial charge in [-0.15, -0.1) is 0 Å². The van der Waals surface area contributed by atoms with E-state index in [-0.39, 0.29) is 6.17 Å². The number of methoxy groups -OCH3 is 1. The molecule has 0 saturated carbocycles. The Morgan fingerprint density at radius 2 is 2.11 bits per heavy atom. The molecule has 3 N–H and O–H groups in total. The van der Waals surface area contributed by atoms with Crippen molar-refractivity contribution in [3.8, 4) is 5.75 Å². The van der Waals surface area contributed by atoms with Gasteiger partial charge in [0.05, 0.1) is 7.11 Å². The maximum Gasteiger partial charge on any atom is 0.119 e. The number of allylic oxidation sites excluding steroid dienone is 5. The summed E-state index contributed by atoms with van der Waals surface area (Å²) in [6.07, 6.45) is 10.2. The summed E-state index contributed by atoms with van der Waals surface area (Å²) in [6.45, 7) is 6.89. The predicted molar refractivity (Wildman–Crippen MR) is 113 cm³/mol. The number of hydrogen-bond donors (Lipinski definition) is 3. The van der Waals surface area contributed by atoms with E-state index in [2.05, 4.69) is 47.9 Å². The molecule has 0 saturated heterocycles. The van der Waals surface area contributed by atoms with Crippen LogP contribution in [0.3, 0.4) is 0 Å². The smallest absolute Gasteiger partial charge is 0.119 e. The van der Waals surface area contributed by atoms with Crippen LogP contribution in [0.5, 0.6) is 5.75 Å². The van der Waals surface area contributed by atoms with Gasteiger partial charge in [-0.05, 0) is 75.4 Å². The minimum absolute atomic E-state index is 0.0158. The molecule has 0 heterocycles. The summed E-state index contributed by atoms with van der Waals surface area (Å²) in [4.78, 5) is 4.54. The van der Waals surface area contributed by atoms with E-state index in [4.69, 9.17) is 9.94 Å². The molecule has 2 atom stereocenters. The highest BCUT2D eigenvalue weighted by Crippen LogP contribution is 2.28. The van der Waals surface area contributed by atoms with Crippen molar-refractivity contribution in [2.75, 3.05) is 19.0 Å². The van der Waals surface area contributed by atoms with Crippen molar-refractivity contribution in [3.05, 3.63) is 59.2 Å². The molecule has 0 fully saturated rings. The minimum atomic E-state index is -0.0158. The number of rotatable bonds is 9. The van der Waals surface area contributed by atoms with Crippen LogP contribution < -0.4 is 15.5 Å². The fraction of sp³-hybridized carbons (Fsp3) is 0.409. The maximum absolute atomic E-state index is 8.97. The van der Waals surface area contributed by atoms with Crippen LogP contribution in [0.25, 0.3) is 0 Å². The lowest BCUT2D eigenvalue weighted by Crippen LogP contribution is -2.22. The zero-order valence-electron chi connectivity index (χ0n) is 16.7. The van der Waals surface area contributed by atoms with Gasteiger partial charge in [-0.25, -0.2) is 5.48 Å². The molecule has 0 aromatic heterocycles. The molecule has 0 radical (unpaired) electrons. The monoisotopic (exact) mass is 369 g/mol. The Kier molecular flexibility index (Phi) is 8.30. The summed E-state index contributed by atoms with van der Waals surface area (Å²) in [5.74, 6) is 1.21. The second-order valence-electron chi connectivity index (χ2n) is 6.94. The highest BCUT2D eigenvalue weighted by Gasteiger charge is 2.15. The first-order valence-electron chi connectivity index (χ1n) is 9.36. The zero-order chi connectivity index (χ0) is 19.6. The number of hydroxylamine groups is 1. The highest BCUT2D eigenvalue weighted by molar-refractivity contribution is 5.72. The number of ether oxygens (including phenoxy) is 1. The molecule has 0 amide bonds. The molecule has 0 bridgehead atoms. The third kappa shape index (κ3) is 6.70. The molecule has 1 aliphatic rings. The van der Waals surface area contributed by atoms with E-state index in [1.807, 2.05) is 37.4 Å². The summed E-state index contributed by atoms with van der Waals surface area (Å²) in [7, 11) is 1.66. The fourth-order valence-electron chi connectivity index (χ4n) is 3.11. The molecule has 0 aliphatic heterocycles. The third-order valence-corrected chi connectivity index (χ3v) is 4.80. The van der Waals surface area contributed by atoms with Crippen LogP contribution in [-0.4, -0.2) is 31.2 Å². The number of anilines is 1. The SMILES string of the molecule is COc1ccc(NC(C)/N=C\C=C(/C)CC2=C(C)C(CNO)CC=C2)cc1. The van der Waals surface area contributed by atoms with E-state index in [1.165, 1.54) is 16.7 Å². The van der Waals surface area contributed by atoms with Crippen molar-refractivity contribution in [1.82, 2.24) is 5.48 Å². The lowest BCUT2D eigenvalue weighted by molar-refractivity contribution is 0.154. The average molecular weight is 370 g/mol. The fourth-order valence-corrected chi connectivity index (χ4v) is 3.11. The molecule has 1 aliphatic carbocycles. The minimum Gasteiger partial charge on any atom is -0.497 e. The van der Waals surface area contributed by atoms with Crippen molar-refractivity contribution >= 4 is 11.9 Å². The normalized spacial score (nSPS) is 18.9. The van der Waals surface area contributed by atoms with E-state index in [9.17, 15) is 0 Å². The zero-order valence-corrected chi connectivity index (χ0v) is 16.7. The van der Waals surface area contributed by atoms with Gasteiger partial charge in [0.1, 0.15) is 11.9 Å². The van der Waals surface area contributed by atoms with E-state index in [0.717, 1.165) is 24.3 Å². The lowest BCUT2D eigenvalue weighted by Gasteiger charge is -2.22. The van der Waals surface area contributed by atoms with Crippen LogP contribution in [0, 0.1) is 5.92 Å². The van der Waals surface area contributed by atoms with Crippen molar-refractivity contribution in [3.63, 3.8) is 0 Å². The molecule has 1 aromatic carbocycles. The van der Waals surface area contributed by atoms with Gasteiger partial charge in [-0.1, -0.05) is 23.3 Å². The lowest BCUT2D eigenvalue weighted by atomic mass is 9.86. The molecule has 0 spiro atoms. The van der Waals surface area contributed by atoms with Gasteiger partial charge >= 0.3 is 0 Å². The topological polar surface area (TPSA) is 65.9 Å². The second-order valence-corrected chi connectivity index (χ2v) is 6.94. The van der Waals surface area contributed by atoms with E-state index < -0.39 is 0 Å². The first-order valence-corrected chi connectivity index (χ1v) is 9.36. The van der Waals surface area contributed by atoms with Gasteiger partial charge in [0.2, 0.25) is 0 Å². The number of aliphatic imine (C=N–C) groups is 1. The Bertz CT molecular complexity index is 718. The van der Waals surface area contributed by atoms with Gasteiger partial charge in [-0.3, -0.25) is 4.99 Å². The second kappa shape index (κ2) is 10.7. The molecule has 5 heteroatoms. The van der Waals surface area contributed by atoms with Crippen LogP contribution in [0.4, 0.5) is 5.69 Å². The van der Waals surface area contributed by atoms with Crippen molar-refractivity contribution in [2.45, 2.75) is 39.8 Å². The van der Waals surface area contributed by atoms with Crippen LogP contribution >= 0.6 is 0 Å². The number of nitrogens with one attached hydrogen (secondary N) is 2. The molecule has 5 nitrogen and oxygen atoms in total. The molecule has 27 heavy (non-hydrogen) atoms. The van der Waals surface area contributed by atoms with Crippen LogP contribution in [0.1, 0.15) is 33.6 Å². The average Bonchev–Trinajstić information content (AvgIpc) is 2.66. The van der Waals surface area contributed by atoms with Gasteiger partial charge in [0, 0.05) is 18.4 Å². The maximum atomic E-state index is 8.97. The van der Waals surface area contributed by atoms with Gasteiger partial charge in [0.25, 0.3) is 0 Å². The van der Waals surface area contributed by atoms with E-state index in [0.29, 0.717) is 12.5 Å². The molecular formula is C22H31N3O2. The van der Waals surface area contributed by atoms with Crippen molar-refractivity contribution < 1.29 is 9.94 Å². The largest absolute Gasteiger partial charge is 0.497 e. The van der Waals surface area contributed by atoms with E-state index >= 15 is 0 Å². The van der Waals surface area contributed by atoms with Crippen LogP contribution in [-0.2, 0) is 0 Å². The molecule has 2 rings (SSSR count). The van der Waals surface area contributed by atoms with Crippen molar-refractivity contribution in [2.24, 2.45) is 10.9 Å². The van der Waals surface area contributed by atoms with Crippen LogP contribution in [0.15, 0.2) is 64.2 Å². The standard InChI is InChI=1S/C22H31N3O2/c1-16(14-19-6-5-7-20(15-24-26)17(19)2)12-13-23-18(3)25-21-8-10-22(27-4)11-9-21/h5-6,8-13,18,20,24-26H,7,14-15H2,1-4H3/b16-12+,23-13-. The molecule has 146 valence electrons. The predicted octanol–water partition coefficient (Wildman–Crippen LogP) is 4.73. The Balaban J connectivity index is 1.89. The summed E-state index contributed by atoms with van der Waals surface area (Å²) >= 11 is 0. The summed E-state index contributed by atoms with van der Waals surface area (Å²) in [6, 6.07) is 7.81. The van der Waals surface area contributed by atoms with E-state index in [1.54, 1.807) is 7.11 Å². The van der Waals surface area contributed by atoms with Gasteiger partial charge in [0.15, 0.2) is 0 Å². The van der Waals surface area contributed by atoms with Gasteiger partial charge < -0.3 is 15.3 Å². The number of benzene rings is 1. The molecule has 1 aromatic rings. The Labute approximate surface area is 162 Å². The third-order valence-electron chi connectivity index (χ3n) is 4.80. The van der Waals surface area contributed by atoms with Crippen LogP contribution in [0.2, 0.25) is 0 Å². The molecule has 2 unspecified atom stereocenters. The van der Waals surface area contributed by atoms with Crippen molar-refractivity contribution in [1.29, 1.82) is 0 Å². The summed E-state index contributed by atoms with van der Waals surface area (Å²) < 4.78 is 5.17. The Morgan fingerprint density at radius 3 is 2.78 bits per heavy atom. The Morgan fingerprint density at radius 1 is 1.37 bits per heavy atom. The first-order chi connectivity index (χ1) is 13.0. The highest BCUT2D eigenvalue weighted by atomic mass is 16.5. The quantitative estimate of drug-likeness (QED) is 0.435. The summed E-state index contributed by atoms with van der Waals surface area (Å²) in [5, 5.41) is 12.3. The Hall–Kier alpha value is -2.37. The molecular weight excluding hydrogens is 338 g/mol.